The summed E-state index contributed by atoms with van der Waals surface area (Å²) in [4.78, 5) is 35.1. The molecule has 25 heavy (non-hydrogen) atoms. The van der Waals surface area contributed by atoms with Crippen LogP contribution < -0.4 is 0 Å². The molecule has 0 radical (unpaired) electrons. The number of likely N-dealkylation sites (tertiary alicyclic amines) is 1. The molecule has 138 valence electrons. The van der Waals surface area contributed by atoms with Gasteiger partial charge in [-0.2, -0.15) is 5.10 Å². The highest BCUT2D eigenvalue weighted by atomic mass is 16.2. The molecule has 0 spiro atoms. The molecule has 2 amide bonds. The maximum atomic E-state index is 12.8. The molecule has 3 rings (SSSR count). The van der Waals surface area contributed by atoms with Crippen LogP contribution in [0.1, 0.15) is 32.5 Å². The van der Waals surface area contributed by atoms with Crippen molar-refractivity contribution in [3.63, 3.8) is 0 Å². The van der Waals surface area contributed by atoms with Crippen molar-refractivity contribution < 1.29 is 9.59 Å². The van der Waals surface area contributed by atoms with Crippen LogP contribution in [0.3, 0.4) is 0 Å². The minimum Gasteiger partial charge on any atom is -0.342 e. The average molecular weight is 348 g/mol. The fraction of sp³-hybridized carbons (Fsp3) is 0.765. The fourth-order valence-electron chi connectivity index (χ4n) is 3.73. The van der Waals surface area contributed by atoms with Crippen LogP contribution in [0.2, 0.25) is 0 Å². The molecule has 1 aromatic heterocycles. The monoisotopic (exact) mass is 348 g/mol. The molecular weight excluding hydrogens is 320 g/mol. The summed E-state index contributed by atoms with van der Waals surface area (Å²) in [5.41, 5.74) is 0. The third kappa shape index (κ3) is 4.00. The summed E-state index contributed by atoms with van der Waals surface area (Å²) in [6.45, 7) is 10.1. The molecular formula is C17H28N6O2. The van der Waals surface area contributed by atoms with E-state index in [1.165, 1.54) is 0 Å². The van der Waals surface area contributed by atoms with Gasteiger partial charge in [0.25, 0.3) is 0 Å². The highest BCUT2D eigenvalue weighted by Crippen LogP contribution is 2.21. The van der Waals surface area contributed by atoms with Gasteiger partial charge in [0, 0.05) is 52.2 Å². The summed E-state index contributed by atoms with van der Waals surface area (Å²) in [5, 5.41) is 4.22. The van der Waals surface area contributed by atoms with Gasteiger partial charge in [-0.15, -0.1) is 0 Å². The molecule has 3 heterocycles. The van der Waals surface area contributed by atoms with E-state index in [2.05, 4.69) is 21.9 Å². The standard InChI is InChI=1S/C17H28N6O2/c1-3-21-11-14(10-16(21)24)17(25)22-7-5-6-20(8-9-22)12-15-18-13-19-23(15)4-2/h13-14H,3-12H2,1-2H3. The maximum absolute atomic E-state index is 12.8. The Morgan fingerprint density at radius 3 is 2.76 bits per heavy atom. The van der Waals surface area contributed by atoms with Crippen LogP contribution in [0.15, 0.2) is 6.33 Å². The Labute approximate surface area is 148 Å². The van der Waals surface area contributed by atoms with E-state index in [9.17, 15) is 9.59 Å². The SMILES string of the molecule is CCN1CC(C(=O)N2CCCN(Cc3ncnn3CC)CC2)CC1=O. The third-order valence-electron chi connectivity index (χ3n) is 5.21. The number of carbonyl (C=O) groups excluding carboxylic acids is 2. The van der Waals surface area contributed by atoms with E-state index in [0.29, 0.717) is 19.5 Å². The lowest BCUT2D eigenvalue weighted by Gasteiger charge is -2.24. The van der Waals surface area contributed by atoms with E-state index < -0.39 is 0 Å². The van der Waals surface area contributed by atoms with Crippen molar-refractivity contribution in [3.05, 3.63) is 12.2 Å². The molecule has 0 bridgehead atoms. The van der Waals surface area contributed by atoms with Gasteiger partial charge in [0.05, 0.1) is 12.5 Å². The summed E-state index contributed by atoms with van der Waals surface area (Å²) in [5.74, 6) is 1.06. The lowest BCUT2D eigenvalue weighted by atomic mass is 10.1. The van der Waals surface area contributed by atoms with Crippen molar-refractivity contribution in [3.8, 4) is 0 Å². The van der Waals surface area contributed by atoms with E-state index in [1.54, 1.807) is 11.2 Å². The van der Waals surface area contributed by atoms with E-state index in [-0.39, 0.29) is 17.7 Å². The molecule has 1 aromatic rings. The average Bonchev–Trinajstić information content (AvgIpc) is 3.14. The van der Waals surface area contributed by atoms with Crippen LogP contribution in [0.5, 0.6) is 0 Å². The first kappa shape index (κ1) is 17.8. The summed E-state index contributed by atoms with van der Waals surface area (Å²) in [6.07, 6.45) is 2.92. The molecule has 1 unspecified atom stereocenters. The zero-order chi connectivity index (χ0) is 17.8. The van der Waals surface area contributed by atoms with Crippen molar-refractivity contribution in [1.29, 1.82) is 0 Å². The summed E-state index contributed by atoms with van der Waals surface area (Å²) >= 11 is 0. The second kappa shape index (κ2) is 7.95. The third-order valence-corrected chi connectivity index (χ3v) is 5.21. The number of hydrogen-bond donors (Lipinski definition) is 0. The molecule has 1 atom stereocenters. The Morgan fingerprint density at radius 1 is 1.20 bits per heavy atom. The van der Waals surface area contributed by atoms with E-state index >= 15 is 0 Å². The van der Waals surface area contributed by atoms with Crippen LogP contribution in [-0.2, 0) is 22.7 Å². The zero-order valence-electron chi connectivity index (χ0n) is 15.2. The zero-order valence-corrected chi connectivity index (χ0v) is 15.2. The molecule has 8 nitrogen and oxygen atoms in total. The Bertz CT molecular complexity index is 616. The first-order chi connectivity index (χ1) is 12.1. The molecule has 0 N–H and O–H groups in total. The van der Waals surface area contributed by atoms with Crippen molar-refractivity contribution in [2.45, 2.75) is 39.8 Å². The van der Waals surface area contributed by atoms with Crippen molar-refractivity contribution in [2.75, 3.05) is 39.3 Å². The molecule has 0 aromatic carbocycles. The number of carbonyl (C=O) groups is 2. The topological polar surface area (TPSA) is 74.6 Å². The van der Waals surface area contributed by atoms with Gasteiger partial charge in [0.1, 0.15) is 12.2 Å². The molecule has 0 saturated carbocycles. The van der Waals surface area contributed by atoms with Crippen LogP contribution in [0, 0.1) is 5.92 Å². The van der Waals surface area contributed by atoms with E-state index in [1.807, 2.05) is 16.5 Å². The lowest BCUT2D eigenvalue weighted by molar-refractivity contribution is -0.135. The van der Waals surface area contributed by atoms with Crippen LogP contribution in [0.4, 0.5) is 0 Å². The van der Waals surface area contributed by atoms with Gasteiger partial charge in [-0.3, -0.25) is 14.5 Å². The van der Waals surface area contributed by atoms with E-state index in [4.69, 9.17) is 0 Å². The second-order valence-electron chi connectivity index (χ2n) is 6.78. The molecule has 2 fully saturated rings. The second-order valence-corrected chi connectivity index (χ2v) is 6.78. The van der Waals surface area contributed by atoms with Gasteiger partial charge in [-0.05, 0) is 20.3 Å². The number of aryl methyl sites for hydroxylation is 1. The van der Waals surface area contributed by atoms with Gasteiger partial charge in [0.2, 0.25) is 11.8 Å². The summed E-state index contributed by atoms with van der Waals surface area (Å²) in [7, 11) is 0. The molecule has 2 saturated heterocycles. The smallest absolute Gasteiger partial charge is 0.228 e. The summed E-state index contributed by atoms with van der Waals surface area (Å²) in [6, 6.07) is 0. The fourth-order valence-corrected chi connectivity index (χ4v) is 3.73. The molecule has 2 aliphatic heterocycles. The number of hydrogen-bond acceptors (Lipinski definition) is 5. The van der Waals surface area contributed by atoms with Crippen LogP contribution in [-0.4, -0.2) is 80.5 Å². The number of amides is 2. The van der Waals surface area contributed by atoms with Gasteiger partial charge >= 0.3 is 0 Å². The number of rotatable bonds is 5. The van der Waals surface area contributed by atoms with Gasteiger partial charge in [0.15, 0.2) is 0 Å². The van der Waals surface area contributed by atoms with E-state index in [0.717, 1.165) is 51.5 Å². The highest BCUT2D eigenvalue weighted by molar-refractivity contribution is 5.89. The van der Waals surface area contributed by atoms with Crippen molar-refractivity contribution in [2.24, 2.45) is 5.92 Å². The molecule has 8 heteroatoms. The lowest BCUT2D eigenvalue weighted by Crippen LogP contribution is -2.40. The van der Waals surface area contributed by atoms with Gasteiger partial charge in [-0.25, -0.2) is 9.67 Å². The van der Waals surface area contributed by atoms with Crippen LogP contribution >= 0.6 is 0 Å². The van der Waals surface area contributed by atoms with Crippen molar-refractivity contribution in [1.82, 2.24) is 29.5 Å². The maximum Gasteiger partial charge on any atom is 0.228 e. The minimum atomic E-state index is -0.165. The minimum absolute atomic E-state index is 0.108. The van der Waals surface area contributed by atoms with Gasteiger partial charge < -0.3 is 9.80 Å². The largest absolute Gasteiger partial charge is 0.342 e. The number of nitrogens with zero attached hydrogens (tertiary/aromatic N) is 6. The van der Waals surface area contributed by atoms with Crippen molar-refractivity contribution >= 4 is 11.8 Å². The Kier molecular flexibility index (Phi) is 5.67. The number of aromatic nitrogens is 3. The normalized spacial score (nSPS) is 22.5. The predicted molar refractivity (Wildman–Crippen MR) is 92.5 cm³/mol. The first-order valence-electron chi connectivity index (χ1n) is 9.28. The Balaban J connectivity index is 1.55. The molecule has 0 aliphatic carbocycles. The quantitative estimate of drug-likeness (QED) is 0.760. The Morgan fingerprint density at radius 2 is 2.04 bits per heavy atom. The first-order valence-corrected chi connectivity index (χ1v) is 9.28. The summed E-state index contributed by atoms with van der Waals surface area (Å²) < 4.78 is 1.91. The van der Waals surface area contributed by atoms with Crippen LogP contribution in [0.25, 0.3) is 0 Å². The van der Waals surface area contributed by atoms with Gasteiger partial charge in [-0.1, -0.05) is 0 Å². The molecule has 2 aliphatic rings. The Hall–Kier alpha value is -1.96. The highest BCUT2D eigenvalue weighted by Gasteiger charge is 2.36. The predicted octanol–water partition coefficient (Wildman–Crippen LogP) is 0.201.